The first-order valence-corrected chi connectivity index (χ1v) is 8.09. The first kappa shape index (κ1) is 16.3. The van der Waals surface area contributed by atoms with Crippen molar-refractivity contribution in [2.45, 2.75) is 52.1 Å². The Morgan fingerprint density at radius 1 is 1.24 bits per heavy atom. The molecule has 1 saturated heterocycles. The Hall–Kier alpha value is -1.10. The molecule has 0 bridgehead atoms. The van der Waals surface area contributed by atoms with Crippen LogP contribution in [0.1, 0.15) is 46.0 Å². The van der Waals surface area contributed by atoms with Gasteiger partial charge in [-0.15, -0.1) is 0 Å². The van der Waals surface area contributed by atoms with Crippen LogP contribution in [0.25, 0.3) is 0 Å². The van der Waals surface area contributed by atoms with Crippen LogP contribution < -0.4 is 0 Å². The minimum absolute atomic E-state index is 0.0239. The van der Waals surface area contributed by atoms with Crippen molar-refractivity contribution in [1.29, 1.82) is 0 Å². The molecular formula is C16H27NO4. The Morgan fingerprint density at radius 3 is 2.48 bits per heavy atom. The highest BCUT2D eigenvalue weighted by molar-refractivity contribution is 5.79. The lowest BCUT2D eigenvalue weighted by Crippen LogP contribution is -2.48. The second-order valence-electron chi connectivity index (χ2n) is 6.73. The molecule has 1 saturated carbocycles. The number of carboxylic acid groups (broad SMARTS) is 1. The molecule has 2 rings (SSSR count). The number of carbonyl (C=O) groups is 2. The van der Waals surface area contributed by atoms with E-state index in [9.17, 15) is 9.59 Å². The van der Waals surface area contributed by atoms with Crippen LogP contribution in [-0.4, -0.2) is 47.7 Å². The van der Waals surface area contributed by atoms with Crippen LogP contribution in [0, 0.1) is 17.8 Å². The molecule has 2 aliphatic rings. The smallest absolute Gasteiger partial charge is 0.306 e. The molecule has 2 fully saturated rings. The highest BCUT2D eigenvalue weighted by atomic mass is 16.5. The van der Waals surface area contributed by atoms with Gasteiger partial charge in [0.15, 0.2) is 0 Å². The van der Waals surface area contributed by atoms with Gasteiger partial charge in [-0.05, 0) is 37.5 Å². The summed E-state index contributed by atoms with van der Waals surface area (Å²) in [5, 5.41) is 8.84. The van der Waals surface area contributed by atoms with E-state index in [1.165, 1.54) is 0 Å². The Bertz CT molecular complexity index is 374. The molecule has 1 amide bonds. The molecule has 21 heavy (non-hydrogen) atoms. The molecule has 0 spiro atoms. The van der Waals surface area contributed by atoms with Gasteiger partial charge in [-0.1, -0.05) is 13.8 Å². The van der Waals surface area contributed by atoms with E-state index in [1.807, 2.05) is 4.90 Å². The van der Waals surface area contributed by atoms with E-state index >= 15 is 0 Å². The minimum Gasteiger partial charge on any atom is -0.481 e. The van der Waals surface area contributed by atoms with E-state index in [1.54, 1.807) is 0 Å². The maximum absolute atomic E-state index is 12.6. The van der Waals surface area contributed by atoms with E-state index in [4.69, 9.17) is 9.84 Å². The topological polar surface area (TPSA) is 66.8 Å². The molecule has 1 atom stereocenters. The molecule has 1 N–H and O–H groups in total. The molecule has 5 heteroatoms. The minimum atomic E-state index is -0.869. The van der Waals surface area contributed by atoms with Gasteiger partial charge in [-0.25, -0.2) is 0 Å². The number of amides is 1. The fourth-order valence-corrected chi connectivity index (χ4v) is 3.53. The van der Waals surface area contributed by atoms with Gasteiger partial charge in [0.05, 0.1) is 19.1 Å². The average molecular weight is 297 g/mol. The van der Waals surface area contributed by atoms with Crippen LogP contribution in [0.3, 0.4) is 0 Å². The van der Waals surface area contributed by atoms with Gasteiger partial charge in [-0.2, -0.15) is 0 Å². The van der Waals surface area contributed by atoms with Crippen molar-refractivity contribution in [3.05, 3.63) is 0 Å². The highest BCUT2D eigenvalue weighted by Crippen LogP contribution is 2.34. The molecule has 5 nitrogen and oxygen atoms in total. The van der Waals surface area contributed by atoms with E-state index in [0.717, 1.165) is 31.6 Å². The molecule has 0 radical (unpaired) electrons. The summed E-state index contributed by atoms with van der Waals surface area (Å²) in [4.78, 5) is 25.2. The molecule has 120 valence electrons. The first-order valence-electron chi connectivity index (χ1n) is 8.09. The lowest BCUT2D eigenvalue weighted by Gasteiger charge is -2.37. The van der Waals surface area contributed by atoms with Crippen molar-refractivity contribution in [1.82, 2.24) is 4.90 Å². The van der Waals surface area contributed by atoms with Gasteiger partial charge in [0.25, 0.3) is 0 Å². The van der Waals surface area contributed by atoms with E-state index in [2.05, 4.69) is 13.8 Å². The maximum atomic E-state index is 12.6. The molecule has 0 aromatic rings. The third-order valence-electron chi connectivity index (χ3n) is 4.92. The van der Waals surface area contributed by atoms with Gasteiger partial charge in [-0.3, -0.25) is 9.59 Å². The molecule has 0 aromatic carbocycles. The second kappa shape index (κ2) is 7.25. The predicted octanol–water partition coefficient (Wildman–Crippen LogP) is 2.15. The summed E-state index contributed by atoms with van der Waals surface area (Å²) in [5.41, 5.74) is 0. The van der Waals surface area contributed by atoms with Crippen molar-refractivity contribution in [2.24, 2.45) is 17.8 Å². The maximum Gasteiger partial charge on any atom is 0.306 e. The Morgan fingerprint density at radius 2 is 1.90 bits per heavy atom. The number of aliphatic carboxylic acids is 1. The Balaban J connectivity index is 1.84. The van der Waals surface area contributed by atoms with Crippen LogP contribution in [0.4, 0.5) is 0 Å². The zero-order valence-corrected chi connectivity index (χ0v) is 13.1. The van der Waals surface area contributed by atoms with Gasteiger partial charge in [0, 0.05) is 19.0 Å². The number of rotatable bonds is 4. The van der Waals surface area contributed by atoms with E-state index in [-0.39, 0.29) is 24.3 Å². The molecular weight excluding hydrogens is 270 g/mol. The number of carbonyl (C=O) groups excluding carboxylic acids is 1. The fourth-order valence-electron chi connectivity index (χ4n) is 3.53. The van der Waals surface area contributed by atoms with E-state index < -0.39 is 5.97 Å². The molecule has 1 heterocycles. The summed E-state index contributed by atoms with van der Waals surface area (Å²) in [6, 6.07) is 0. The number of hydrogen-bond donors (Lipinski definition) is 1. The standard InChI is InChI=1S/C16H27NO4/c1-11(2)12-3-5-13(6-4-12)16(20)17-7-8-21-14(10-17)9-15(18)19/h11-14H,3-10H2,1-2H3,(H,18,19). The van der Waals surface area contributed by atoms with Crippen LogP contribution in [0.5, 0.6) is 0 Å². The van der Waals surface area contributed by atoms with Crippen LogP contribution in [0.15, 0.2) is 0 Å². The van der Waals surface area contributed by atoms with Crippen molar-refractivity contribution < 1.29 is 19.4 Å². The zero-order chi connectivity index (χ0) is 15.4. The van der Waals surface area contributed by atoms with Gasteiger partial charge >= 0.3 is 5.97 Å². The number of ether oxygens (including phenoxy) is 1. The van der Waals surface area contributed by atoms with Crippen molar-refractivity contribution in [3.8, 4) is 0 Å². The van der Waals surface area contributed by atoms with Crippen molar-refractivity contribution in [2.75, 3.05) is 19.7 Å². The molecule has 0 aromatic heterocycles. The third-order valence-corrected chi connectivity index (χ3v) is 4.92. The van der Waals surface area contributed by atoms with Crippen molar-refractivity contribution >= 4 is 11.9 Å². The van der Waals surface area contributed by atoms with E-state index in [0.29, 0.717) is 25.6 Å². The summed E-state index contributed by atoms with van der Waals surface area (Å²) in [7, 11) is 0. The SMILES string of the molecule is CC(C)C1CCC(C(=O)N2CCOC(CC(=O)O)C2)CC1. The monoisotopic (exact) mass is 297 g/mol. The quantitative estimate of drug-likeness (QED) is 0.863. The number of carboxylic acids is 1. The third kappa shape index (κ3) is 4.43. The summed E-state index contributed by atoms with van der Waals surface area (Å²) < 4.78 is 5.43. The summed E-state index contributed by atoms with van der Waals surface area (Å²) in [6.45, 7) is 5.98. The zero-order valence-electron chi connectivity index (χ0n) is 13.1. The van der Waals surface area contributed by atoms with Crippen LogP contribution in [0.2, 0.25) is 0 Å². The summed E-state index contributed by atoms with van der Waals surface area (Å²) >= 11 is 0. The van der Waals surface area contributed by atoms with Gasteiger partial charge < -0.3 is 14.7 Å². The fraction of sp³-hybridized carbons (Fsp3) is 0.875. The first-order chi connectivity index (χ1) is 9.97. The van der Waals surface area contributed by atoms with Gasteiger partial charge in [0.2, 0.25) is 5.91 Å². The van der Waals surface area contributed by atoms with Gasteiger partial charge in [0.1, 0.15) is 0 Å². The Kier molecular flexibility index (Phi) is 5.62. The number of hydrogen-bond acceptors (Lipinski definition) is 3. The van der Waals surface area contributed by atoms with Crippen LogP contribution in [-0.2, 0) is 14.3 Å². The largest absolute Gasteiger partial charge is 0.481 e. The molecule has 1 aliphatic heterocycles. The Labute approximate surface area is 126 Å². The summed E-state index contributed by atoms with van der Waals surface area (Å²) in [5.74, 6) is 0.911. The highest BCUT2D eigenvalue weighted by Gasteiger charge is 2.33. The van der Waals surface area contributed by atoms with Crippen molar-refractivity contribution in [3.63, 3.8) is 0 Å². The molecule has 1 aliphatic carbocycles. The second-order valence-corrected chi connectivity index (χ2v) is 6.73. The number of morpholine rings is 1. The molecule has 1 unspecified atom stereocenters. The summed E-state index contributed by atoms with van der Waals surface area (Å²) in [6.07, 6.45) is 3.84. The van der Waals surface area contributed by atoms with Crippen LogP contribution >= 0.6 is 0 Å². The lowest BCUT2D eigenvalue weighted by atomic mass is 9.76. The lowest BCUT2D eigenvalue weighted by molar-refractivity contribution is -0.150. The predicted molar refractivity (Wildman–Crippen MR) is 78.9 cm³/mol. The normalized spacial score (nSPS) is 30.4. The number of nitrogens with zero attached hydrogens (tertiary/aromatic N) is 1. The average Bonchev–Trinajstić information content (AvgIpc) is 2.46.